The molecule has 1 aromatic heterocycles. The fraction of sp³-hybridized carbons (Fsp3) is 0.692. The van der Waals surface area contributed by atoms with E-state index in [1.807, 2.05) is 15.8 Å². The first-order chi connectivity index (χ1) is 8.66. The number of likely N-dealkylation sites (tertiary alicyclic amines) is 1. The van der Waals surface area contributed by atoms with E-state index in [1.165, 1.54) is 12.8 Å². The van der Waals surface area contributed by atoms with E-state index in [-0.39, 0.29) is 6.03 Å². The van der Waals surface area contributed by atoms with E-state index in [0.717, 1.165) is 31.6 Å². The van der Waals surface area contributed by atoms with Crippen LogP contribution in [0, 0.1) is 0 Å². The summed E-state index contributed by atoms with van der Waals surface area (Å²) < 4.78 is 1.85. The van der Waals surface area contributed by atoms with Crippen LogP contribution in [0.4, 0.5) is 10.5 Å². The molecular formula is C13H22N4O. The van der Waals surface area contributed by atoms with Crippen molar-refractivity contribution in [3.05, 3.63) is 12.4 Å². The molecule has 1 aliphatic rings. The summed E-state index contributed by atoms with van der Waals surface area (Å²) in [6, 6.07) is 0.314. The van der Waals surface area contributed by atoms with Crippen LogP contribution >= 0.6 is 0 Å². The lowest BCUT2D eigenvalue weighted by atomic mass is 10.2. The van der Waals surface area contributed by atoms with Gasteiger partial charge in [0.1, 0.15) is 0 Å². The van der Waals surface area contributed by atoms with Crippen molar-refractivity contribution in [1.82, 2.24) is 14.7 Å². The third-order valence-electron chi connectivity index (χ3n) is 3.28. The standard InChI is InChI=1S/C13H22N4O/c1-11(2)17-10-12(9-14-17)15-13(18)16-7-5-3-4-6-8-16/h9-11H,3-8H2,1-2H3,(H,15,18). The summed E-state index contributed by atoms with van der Waals surface area (Å²) in [5.74, 6) is 0. The van der Waals surface area contributed by atoms with Gasteiger partial charge in [-0.3, -0.25) is 4.68 Å². The summed E-state index contributed by atoms with van der Waals surface area (Å²) in [6.07, 6.45) is 8.26. The van der Waals surface area contributed by atoms with Crippen molar-refractivity contribution in [2.45, 2.75) is 45.6 Å². The van der Waals surface area contributed by atoms with Crippen LogP contribution in [0.3, 0.4) is 0 Å². The summed E-state index contributed by atoms with van der Waals surface area (Å²) in [7, 11) is 0. The molecule has 0 spiro atoms. The zero-order valence-corrected chi connectivity index (χ0v) is 11.2. The molecule has 2 rings (SSSR count). The number of hydrogen-bond donors (Lipinski definition) is 1. The van der Waals surface area contributed by atoms with Crippen LogP contribution in [0.15, 0.2) is 12.4 Å². The van der Waals surface area contributed by atoms with E-state index in [2.05, 4.69) is 24.3 Å². The van der Waals surface area contributed by atoms with E-state index < -0.39 is 0 Å². The Kier molecular flexibility index (Phi) is 4.23. The first-order valence-corrected chi connectivity index (χ1v) is 6.77. The minimum absolute atomic E-state index is 0.000191. The molecule has 18 heavy (non-hydrogen) atoms. The van der Waals surface area contributed by atoms with Gasteiger partial charge in [0, 0.05) is 25.3 Å². The largest absolute Gasteiger partial charge is 0.325 e. The van der Waals surface area contributed by atoms with E-state index in [1.54, 1.807) is 6.20 Å². The van der Waals surface area contributed by atoms with Gasteiger partial charge < -0.3 is 10.2 Å². The van der Waals surface area contributed by atoms with Crippen LogP contribution < -0.4 is 5.32 Å². The Morgan fingerprint density at radius 1 is 1.28 bits per heavy atom. The molecule has 0 aromatic carbocycles. The molecule has 0 saturated carbocycles. The molecule has 1 fully saturated rings. The second-order valence-corrected chi connectivity index (χ2v) is 5.13. The first-order valence-electron chi connectivity index (χ1n) is 6.77. The maximum Gasteiger partial charge on any atom is 0.321 e. The summed E-state index contributed by atoms with van der Waals surface area (Å²) in [5, 5.41) is 7.13. The average molecular weight is 250 g/mol. The number of hydrogen-bond acceptors (Lipinski definition) is 2. The number of rotatable bonds is 2. The number of amides is 2. The summed E-state index contributed by atoms with van der Waals surface area (Å²) in [6.45, 7) is 5.86. The second-order valence-electron chi connectivity index (χ2n) is 5.13. The normalized spacial score (nSPS) is 16.7. The molecule has 1 saturated heterocycles. The van der Waals surface area contributed by atoms with Gasteiger partial charge in [-0.2, -0.15) is 5.10 Å². The van der Waals surface area contributed by atoms with Gasteiger partial charge in [-0.1, -0.05) is 12.8 Å². The van der Waals surface area contributed by atoms with Gasteiger partial charge in [0.15, 0.2) is 0 Å². The molecule has 1 aliphatic heterocycles. The van der Waals surface area contributed by atoms with Crippen molar-refractivity contribution in [2.75, 3.05) is 18.4 Å². The van der Waals surface area contributed by atoms with Crippen LogP contribution in [-0.2, 0) is 0 Å². The van der Waals surface area contributed by atoms with Crippen molar-refractivity contribution in [3.8, 4) is 0 Å². The molecule has 0 radical (unpaired) electrons. The number of nitrogens with one attached hydrogen (secondary N) is 1. The predicted molar refractivity (Wildman–Crippen MR) is 71.7 cm³/mol. The molecular weight excluding hydrogens is 228 g/mol. The van der Waals surface area contributed by atoms with Crippen LogP contribution in [-0.4, -0.2) is 33.8 Å². The lowest BCUT2D eigenvalue weighted by Gasteiger charge is -2.20. The highest BCUT2D eigenvalue weighted by Gasteiger charge is 2.16. The highest BCUT2D eigenvalue weighted by molar-refractivity contribution is 5.89. The quantitative estimate of drug-likeness (QED) is 0.877. The van der Waals surface area contributed by atoms with Crippen molar-refractivity contribution >= 4 is 11.7 Å². The fourth-order valence-corrected chi connectivity index (χ4v) is 2.16. The maximum absolute atomic E-state index is 12.1. The van der Waals surface area contributed by atoms with Gasteiger partial charge in [-0.25, -0.2) is 4.79 Å². The van der Waals surface area contributed by atoms with Crippen molar-refractivity contribution in [2.24, 2.45) is 0 Å². The zero-order valence-electron chi connectivity index (χ0n) is 11.2. The molecule has 0 atom stereocenters. The number of anilines is 1. The summed E-state index contributed by atoms with van der Waals surface area (Å²) >= 11 is 0. The molecule has 1 N–H and O–H groups in total. The molecule has 100 valence electrons. The number of carbonyl (C=O) groups excluding carboxylic acids is 1. The Morgan fingerprint density at radius 3 is 2.50 bits per heavy atom. The fourth-order valence-electron chi connectivity index (χ4n) is 2.16. The number of urea groups is 1. The van der Waals surface area contributed by atoms with Crippen LogP contribution in [0.2, 0.25) is 0 Å². The van der Waals surface area contributed by atoms with Crippen molar-refractivity contribution in [3.63, 3.8) is 0 Å². The van der Waals surface area contributed by atoms with Gasteiger partial charge in [-0.15, -0.1) is 0 Å². The Balaban J connectivity index is 1.92. The highest BCUT2D eigenvalue weighted by atomic mass is 16.2. The van der Waals surface area contributed by atoms with E-state index in [9.17, 15) is 4.79 Å². The molecule has 0 aliphatic carbocycles. The van der Waals surface area contributed by atoms with E-state index in [0.29, 0.717) is 6.04 Å². The van der Waals surface area contributed by atoms with Crippen molar-refractivity contribution in [1.29, 1.82) is 0 Å². The molecule has 0 unspecified atom stereocenters. The average Bonchev–Trinajstić information content (AvgIpc) is 2.64. The Morgan fingerprint density at radius 2 is 1.94 bits per heavy atom. The Hall–Kier alpha value is -1.52. The molecule has 0 bridgehead atoms. The maximum atomic E-state index is 12.1. The van der Waals surface area contributed by atoms with E-state index in [4.69, 9.17) is 0 Å². The Labute approximate surface area is 108 Å². The van der Waals surface area contributed by atoms with Crippen LogP contribution in [0.25, 0.3) is 0 Å². The van der Waals surface area contributed by atoms with Gasteiger partial charge >= 0.3 is 6.03 Å². The van der Waals surface area contributed by atoms with Gasteiger partial charge in [0.05, 0.1) is 11.9 Å². The van der Waals surface area contributed by atoms with Crippen LogP contribution in [0.5, 0.6) is 0 Å². The minimum atomic E-state index is 0.000191. The topological polar surface area (TPSA) is 50.2 Å². The zero-order chi connectivity index (χ0) is 13.0. The Bertz CT molecular complexity index is 391. The van der Waals surface area contributed by atoms with Gasteiger partial charge in [0.2, 0.25) is 0 Å². The number of carbonyl (C=O) groups is 1. The number of nitrogens with zero attached hydrogens (tertiary/aromatic N) is 3. The number of aromatic nitrogens is 2. The third-order valence-corrected chi connectivity index (χ3v) is 3.28. The minimum Gasteiger partial charge on any atom is -0.325 e. The predicted octanol–water partition coefficient (Wildman–Crippen LogP) is 2.87. The lowest BCUT2D eigenvalue weighted by molar-refractivity contribution is 0.214. The molecule has 5 nitrogen and oxygen atoms in total. The van der Waals surface area contributed by atoms with E-state index >= 15 is 0 Å². The first kappa shape index (κ1) is 12.9. The molecule has 2 amide bonds. The summed E-state index contributed by atoms with van der Waals surface area (Å²) in [5.41, 5.74) is 0.776. The van der Waals surface area contributed by atoms with Crippen molar-refractivity contribution < 1.29 is 4.79 Å². The smallest absolute Gasteiger partial charge is 0.321 e. The van der Waals surface area contributed by atoms with Gasteiger partial charge in [0.25, 0.3) is 0 Å². The monoisotopic (exact) mass is 250 g/mol. The van der Waals surface area contributed by atoms with Gasteiger partial charge in [-0.05, 0) is 26.7 Å². The SMILES string of the molecule is CC(C)n1cc(NC(=O)N2CCCCCC2)cn1. The summed E-state index contributed by atoms with van der Waals surface area (Å²) in [4.78, 5) is 14.0. The van der Waals surface area contributed by atoms with Crippen LogP contribution in [0.1, 0.15) is 45.6 Å². The molecule has 5 heteroatoms. The second kappa shape index (κ2) is 5.89. The molecule has 2 heterocycles. The highest BCUT2D eigenvalue weighted by Crippen LogP contribution is 2.13. The third kappa shape index (κ3) is 3.24. The molecule has 1 aromatic rings. The lowest BCUT2D eigenvalue weighted by Crippen LogP contribution is -2.35.